The van der Waals surface area contributed by atoms with Crippen LogP contribution >= 0.6 is 22.7 Å². The summed E-state index contributed by atoms with van der Waals surface area (Å²) in [4.78, 5) is 11.6. The van der Waals surface area contributed by atoms with E-state index in [1.165, 1.54) is 63.7 Å². The number of allylic oxidation sites excluding steroid dienone is 4. The summed E-state index contributed by atoms with van der Waals surface area (Å²) in [5, 5.41) is 5.03. The number of aromatic nitrogens is 2. The van der Waals surface area contributed by atoms with Crippen LogP contribution in [0, 0.1) is 0 Å². The van der Waals surface area contributed by atoms with E-state index in [1.54, 1.807) is 11.3 Å². The van der Waals surface area contributed by atoms with Crippen LogP contribution in [-0.4, -0.2) is 9.97 Å². The van der Waals surface area contributed by atoms with Crippen LogP contribution in [0.2, 0.25) is 0 Å². The SMILES string of the molecule is C1=C(c2cc(-c3ccccc3)cc(-c3nc(-c4ccccc4)c4c(n3)sc3ccccc34)c2)CCC(c2cccc3c2sc2ccccc23)=C1. The molecule has 6 aromatic carbocycles. The molecule has 0 amide bonds. The summed E-state index contributed by atoms with van der Waals surface area (Å²) in [5.41, 5.74) is 10.8. The van der Waals surface area contributed by atoms with E-state index < -0.39 is 0 Å². The maximum absolute atomic E-state index is 5.35. The monoisotopic (exact) mass is 674 g/mol. The van der Waals surface area contributed by atoms with Crippen molar-refractivity contribution in [3.8, 4) is 33.8 Å². The summed E-state index contributed by atoms with van der Waals surface area (Å²) in [6.45, 7) is 0. The Morgan fingerprint density at radius 2 is 1.06 bits per heavy atom. The average Bonchev–Trinajstić information content (AvgIpc) is 3.77. The molecule has 0 saturated heterocycles. The lowest BCUT2D eigenvalue weighted by molar-refractivity contribution is 1.07. The van der Waals surface area contributed by atoms with Crippen LogP contribution in [0.15, 0.2) is 158 Å². The molecule has 0 saturated carbocycles. The van der Waals surface area contributed by atoms with Crippen LogP contribution in [0.5, 0.6) is 0 Å². The van der Waals surface area contributed by atoms with Crippen LogP contribution in [0.4, 0.5) is 0 Å². The van der Waals surface area contributed by atoms with Gasteiger partial charge in [0.15, 0.2) is 5.82 Å². The molecule has 0 fully saturated rings. The van der Waals surface area contributed by atoms with Gasteiger partial charge < -0.3 is 0 Å². The van der Waals surface area contributed by atoms with Gasteiger partial charge in [0.2, 0.25) is 0 Å². The summed E-state index contributed by atoms with van der Waals surface area (Å²) < 4.78 is 3.96. The van der Waals surface area contributed by atoms with Crippen molar-refractivity contribution >= 4 is 74.3 Å². The third kappa shape index (κ3) is 4.99. The Kier molecular flexibility index (Phi) is 7.04. The molecule has 1 aliphatic carbocycles. The summed E-state index contributed by atoms with van der Waals surface area (Å²) in [6.07, 6.45) is 6.65. The standard InChI is InChI=1S/C46H30N2S2/c1-3-12-29(13-4-1)33-26-34(30-22-24-31(25-23-30)36-18-11-19-38-37-16-7-9-20-40(37)49-44(36)38)28-35(27-33)45-47-43(32-14-5-2-6-15-32)42-39-17-8-10-21-41(39)50-46(42)48-45/h1-22,24,26-28H,23,25H2. The number of nitrogens with zero attached hydrogens (tertiary/aromatic N) is 2. The highest BCUT2D eigenvalue weighted by atomic mass is 32.1. The third-order valence-corrected chi connectivity index (χ3v) is 12.1. The molecule has 0 aliphatic heterocycles. The normalized spacial score (nSPS) is 13.3. The van der Waals surface area contributed by atoms with Gasteiger partial charge in [0.1, 0.15) is 4.83 Å². The average molecular weight is 675 g/mol. The molecular formula is C46H30N2S2. The number of hydrogen-bond acceptors (Lipinski definition) is 4. The van der Waals surface area contributed by atoms with Crippen molar-refractivity contribution in [3.63, 3.8) is 0 Å². The quantitative estimate of drug-likeness (QED) is 0.182. The van der Waals surface area contributed by atoms with E-state index in [1.807, 2.05) is 11.3 Å². The molecule has 4 heteroatoms. The second-order valence-electron chi connectivity index (χ2n) is 12.9. The number of rotatable bonds is 5. The summed E-state index contributed by atoms with van der Waals surface area (Å²) in [6, 6.07) is 52.2. The Balaban J connectivity index is 1.13. The second-order valence-corrected chi connectivity index (χ2v) is 15.0. The van der Waals surface area contributed by atoms with Crippen molar-refractivity contribution in [3.05, 3.63) is 169 Å². The molecule has 3 heterocycles. The second kappa shape index (κ2) is 12.0. The minimum absolute atomic E-state index is 0.756. The highest BCUT2D eigenvalue weighted by Gasteiger charge is 2.20. The van der Waals surface area contributed by atoms with E-state index in [9.17, 15) is 0 Å². The zero-order chi connectivity index (χ0) is 33.0. The van der Waals surface area contributed by atoms with Gasteiger partial charge in [0.05, 0.1) is 5.69 Å². The van der Waals surface area contributed by atoms with E-state index in [-0.39, 0.29) is 0 Å². The van der Waals surface area contributed by atoms with Gasteiger partial charge in [-0.05, 0) is 76.6 Å². The Morgan fingerprint density at radius 3 is 1.84 bits per heavy atom. The minimum atomic E-state index is 0.756. The van der Waals surface area contributed by atoms with E-state index in [0.29, 0.717) is 0 Å². The Labute approximate surface area is 298 Å². The van der Waals surface area contributed by atoms with Crippen molar-refractivity contribution in [1.82, 2.24) is 9.97 Å². The van der Waals surface area contributed by atoms with Crippen LogP contribution < -0.4 is 0 Å². The predicted molar refractivity (Wildman–Crippen MR) is 216 cm³/mol. The molecule has 3 aromatic heterocycles. The summed E-state index contributed by atoms with van der Waals surface area (Å²) in [7, 11) is 0. The molecule has 1 aliphatic rings. The Morgan fingerprint density at radius 1 is 0.440 bits per heavy atom. The van der Waals surface area contributed by atoms with Crippen LogP contribution in [0.1, 0.15) is 24.0 Å². The molecule has 9 aromatic rings. The molecule has 0 spiro atoms. The first kappa shape index (κ1) is 29.3. The van der Waals surface area contributed by atoms with Crippen LogP contribution in [0.25, 0.3) is 85.4 Å². The molecule has 10 rings (SSSR count). The summed E-state index contributed by atoms with van der Waals surface area (Å²) in [5.74, 6) is 0.756. The molecule has 0 radical (unpaired) electrons. The molecule has 0 atom stereocenters. The fourth-order valence-electron chi connectivity index (χ4n) is 7.40. The minimum Gasteiger partial charge on any atom is -0.227 e. The molecule has 0 N–H and O–H groups in total. The van der Waals surface area contributed by atoms with Gasteiger partial charge in [-0.2, -0.15) is 0 Å². The van der Waals surface area contributed by atoms with Crippen molar-refractivity contribution < 1.29 is 0 Å². The molecule has 236 valence electrons. The van der Waals surface area contributed by atoms with Crippen LogP contribution in [0.3, 0.4) is 0 Å². The number of thiophene rings is 2. The third-order valence-electron chi connectivity index (χ3n) is 9.85. The fourth-order valence-corrected chi connectivity index (χ4v) is 9.73. The lowest BCUT2D eigenvalue weighted by Crippen LogP contribution is -1.97. The lowest BCUT2D eigenvalue weighted by atomic mass is 9.87. The first-order valence-electron chi connectivity index (χ1n) is 17.0. The van der Waals surface area contributed by atoms with Crippen molar-refractivity contribution in [1.29, 1.82) is 0 Å². The lowest BCUT2D eigenvalue weighted by Gasteiger charge is -2.18. The predicted octanol–water partition coefficient (Wildman–Crippen LogP) is 13.5. The van der Waals surface area contributed by atoms with Gasteiger partial charge >= 0.3 is 0 Å². The molecule has 2 nitrogen and oxygen atoms in total. The van der Waals surface area contributed by atoms with E-state index in [4.69, 9.17) is 9.97 Å². The zero-order valence-corrected chi connectivity index (χ0v) is 28.8. The largest absolute Gasteiger partial charge is 0.227 e. The van der Waals surface area contributed by atoms with Gasteiger partial charge in [-0.25, -0.2) is 9.97 Å². The highest BCUT2D eigenvalue weighted by Crippen LogP contribution is 2.43. The van der Waals surface area contributed by atoms with E-state index >= 15 is 0 Å². The fraction of sp³-hybridized carbons (Fsp3) is 0.0435. The first-order valence-corrected chi connectivity index (χ1v) is 18.7. The van der Waals surface area contributed by atoms with Crippen molar-refractivity contribution in [2.75, 3.05) is 0 Å². The maximum atomic E-state index is 5.35. The highest BCUT2D eigenvalue weighted by molar-refractivity contribution is 7.26. The van der Waals surface area contributed by atoms with Crippen molar-refractivity contribution in [2.45, 2.75) is 12.8 Å². The van der Waals surface area contributed by atoms with Gasteiger partial charge in [0, 0.05) is 46.8 Å². The molecule has 0 bridgehead atoms. The zero-order valence-electron chi connectivity index (χ0n) is 27.1. The van der Waals surface area contributed by atoms with Crippen molar-refractivity contribution in [2.24, 2.45) is 0 Å². The van der Waals surface area contributed by atoms with Gasteiger partial charge in [-0.1, -0.05) is 127 Å². The van der Waals surface area contributed by atoms with E-state index in [0.717, 1.165) is 45.7 Å². The number of benzene rings is 6. The van der Waals surface area contributed by atoms with Gasteiger partial charge in [-0.3, -0.25) is 0 Å². The Hall–Kier alpha value is -5.68. The van der Waals surface area contributed by atoms with Gasteiger partial charge in [0.25, 0.3) is 0 Å². The van der Waals surface area contributed by atoms with E-state index in [2.05, 4.69) is 158 Å². The maximum Gasteiger partial charge on any atom is 0.161 e. The van der Waals surface area contributed by atoms with Crippen LogP contribution in [-0.2, 0) is 0 Å². The molecular weight excluding hydrogens is 645 g/mol. The molecule has 50 heavy (non-hydrogen) atoms. The topological polar surface area (TPSA) is 25.8 Å². The summed E-state index contributed by atoms with van der Waals surface area (Å²) >= 11 is 3.65. The molecule has 0 unspecified atom stereocenters. The van der Waals surface area contributed by atoms with Gasteiger partial charge in [-0.15, -0.1) is 22.7 Å². The smallest absolute Gasteiger partial charge is 0.161 e. The Bertz CT molecular complexity index is 2800. The first-order chi connectivity index (χ1) is 24.8. The number of hydrogen-bond donors (Lipinski definition) is 0. The number of fused-ring (bicyclic) bond motifs is 6.